The van der Waals surface area contributed by atoms with Gasteiger partial charge in [0, 0.05) is 26.3 Å². The molecule has 1 aliphatic heterocycles. The Kier molecular flexibility index (Phi) is 6.90. The second-order valence-electron chi connectivity index (χ2n) is 5.61. The molecule has 0 bridgehead atoms. The summed E-state index contributed by atoms with van der Waals surface area (Å²) < 4.78 is 5.49. The highest BCUT2D eigenvalue weighted by atomic mass is 32.1. The first kappa shape index (κ1) is 15.3. The van der Waals surface area contributed by atoms with E-state index in [9.17, 15) is 0 Å². The zero-order valence-corrected chi connectivity index (χ0v) is 12.6. The molecule has 1 saturated heterocycles. The lowest BCUT2D eigenvalue weighted by Crippen LogP contribution is -2.44. The predicted molar refractivity (Wildman–Crippen MR) is 77.9 cm³/mol. The normalized spacial score (nSPS) is 21.7. The molecule has 17 heavy (non-hydrogen) atoms. The highest BCUT2D eigenvalue weighted by Crippen LogP contribution is 2.33. The van der Waals surface area contributed by atoms with Gasteiger partial charge in [-0.15, -0.1) is 0 Å². The van der Waals surface area contributed by atoms with Gasteiger partial charge in [0.15, 0.2) is 0 Å². The van der Waals surface area contributed by atoms with Crippen molar-refractivity contribution in [3.05, 3.63) is 0 Å². The fourth-order valence-corrected chi connectivity index (χ4v) is 2.94. The number of rotatable bonds is 7. The number of thiol groups is 1. The molecule has 0 radical (unpaired) electrons. The number of hydrogen-bond acceptors (Lipinski definition) is 3. The van der Waals surface area contributed by atoms with E-state index in [1.165, 1.54) is 32.4 Å². The van der Waals surface area contributed by atoms with Crippen molar-refractivity contribution >= 4 is 12.6 Å². The van der Waals surface area contributed by atoms with E-state index in [0.717, 1.165) is 31.4 Å². The minimum atomic E-state index is 0.394. The summed E-state index contributed by atoms with van der Waals surface area (Å²) in [4.78, 5) is 2.61. The van der Waals surface area contributed by atoms with Crippen LogP contribution in [0.25, 0.3) is 0 Å². The summed E-state index contributed by atoms with van der Waals surface area (Å²) in [6.45, 7) is 12.3. The molecule has 1 rings (SSSR count). The van der Waals surface area contributed by atoms with E-state index >= 15 is 0 Å². The molecule has 1 aliphatic rings. The van der Waals surface area contributed by atoms with Gasteiger partial charge in [0.05, 0.1) is 0 Å². The minimum Gasteiger partial charge on any atom is -0.381 e. The molecular formula is C14H29NOS. The highest BCUT2D eigenvalue weighted by Gasteiger charge is 2.33. The van der Waals surface area contributed by atoms with Crippen LogP contribution in [0.4, 0.5) is 0 Å². The summed E-state index contributed by atoms with van der Waals surface area (Å²) in [6.07, 6.45) is 3.62. The van der Waals surface area contributed by atoms with Crippen LogP contribution >= 0.6 is 12.6 Å². The summed E-state index contributed by atoms with van der Waals surface area (Å²) in [5, 5.41) is 0. The van der Waals surface area contributed by atoms with Crippen LogP contribution in [0.1, 0.15) is 40.0 Å². The quantitative estimate of drug-likeness (QED) is 0.705. The fourth-order valence-electron chi connectivity index (χ4n) is 2.52. The molecule has 1 heterocycles. The van der Waals surface area contributed by atoms with Crippen molar-refractivity contribution < 1.29 is 4.74 Å². The van der Waals surface area contributed by atoms with Crippen LogP contribution in [0.5, 0.6) is 0 Å². The largest absolute Gasteiger partial charge is 0.381 e. The third-order valence-electron chi connectivity index (χ3n) is 4.16. The average Bonchev–Trinajstić information content (AvgIpc) is 2.38. The first-order chi connectivity index (χ1) is 8.15. The Hall–Kier alpha value is 0.270. The van der Waals surface area contributed by atoms with E-state index in [-0.39, 0.29) is 0 Å². The van der Waals surface area contributed by atoms with Gasteiger partial charge in [-0.25, -0.2) is 0 Å². The monoisotopic (exact) mass is 259 g/mol. The molecule has 0 N–H and O–H groups in total. The van der Waals surface area contributed by atoms with E-state index < -0.39 is 0 Å². The minimum absolute atomic E-state index is 0.394. The zero-order chi connectivity index (χ0) is 12.7. The van der Waals surface area contributed by atoms with Gasteiger partial charge in [-0.05, 0) is 36.5 Å². The maximum absolute atomic E-state index is 5.49. The maximum atomic E-state index is 5.49. The van der Waals surface area contributed by atoms with Gasteiger partial charge >= 0.3 is 0 Å². The molecule has 0 aromatic heterocycles. The Morgan fingerprint density at radius 2 is 1.94 bits per heavy atom. The summed E-state index contributed by atoms with van der Waals surface area (Å²) in [7, 11) is 0. The second kappa shape index (κ2) is 7.65. The van der Waals surface area contributed by atoms with Gasteiger partial charge in [0.25, 0.3) is 0 Å². The van der Waals surface area contributed by atoms with Crippen molar-refractivity contribution in [1.29, 1.82) is 0 Å². The summed E-state index contributed by atoms with van der Waals surface area (Å²) >= 11 is 4.59. The standard InChI is InChI=1S/C14H29NOS/c1-4-13(3)10-15(5-2)11-14(12-17)6-8-16-9-7-14/h13,17H,4-12H2,1-3H3. The molecule has 0 aliphatic carbocycles. The maximum Gasteiger partial charge on any atom is 0.0472 e. The molecular weight excluding hydrogens is 230 g/mol. The van der Waals surface area contributed by atoms with Crippen molar-refractivity contribution in [2.24, 2.45) is 11.3 Å². The Morgan fingerprint density at radius 3 is 2.41 bits per heavy atom. The van der Waals surface area contributed by atoms with Crippen LogP contribution in [0, 0.1) is 11.3 Å². The Bertz CT molecular complexity index is 204. The van der Waals surface area contributed by atoms with Gasteiger partial charge in [-0.1, -0.05) is 27.2 Å². The third kappa shape index (κ3) is 4.80. The molecule has 1 fully saturated rings. The van der Waals surface area contributed by atoms with Crippen LogP contribution in [-0.4, -0.2) is 43.5 Å². The topological polar surface area (TPSA) is 12.5 Å². The van der Waals surface area contributed by atoms with Crippen molar-refractivity contribution in [1.82, 2.24) is 4.90 Å². The van der Waals surface area contributed by atoms with Gasteiger partial charge in [-0.3, -0.25) is 0 Å². The van der Waals surface area contributed by atoms with Crippen molar-refractivity contribution in [3.63, 3.8) is 0 Å². The van der Waals surface area contributed by atoms with Crippen LogP contribution < -0.4 is 0 Å². The lowest BCUT2D eigenvalue weighted by atomic mass is 9.81. The Labute approximate surface area is 113 Å². The summed E-state index contributed by atoms with van der Waals surface area (Å²) in [6, 6.07) is 0. The van der Waals surface area contributed by atoms with E-state index in [0.29, 0.717) is 5.41 Å². The molecule has 3 heteroatoms. The van der Waals surface area contributed by atoms with Crippen LogP contribution in [0.3, 0.4) is 0 Å². The average molecular weight is 259 g/mol. The number of ether oxygens (including phenoxy) is 1. The molecule has 0 aromatic rings. The van der Waals surface area contributed by atoms with Crippen LogP contribution in [0.15, 0.2) is 0 Å². The molecule has 1 unspecified atom stereocenters. The first-order valence-corrected chi connectivity index (χ1v) is 7.70. The molecule has 102 valence electrons. The molecule has 2 nitrogen and oxygen atoms in total. The lowest BCUT2D eigenvalue weighted by Gasteiger charge is -2.40. The number of nitrogens with zero attached hydrogens (tertiary/aromatic N) is 1. The third-order valence-corrected chi connectivity index (χ3v) is 4.83. The van der Waals surface area contributed by atoms with E-state index in [1.807, 2.05) is 0 Å². The predicted octanol–water partition coefficient (Wildman–Crippen LogP) is 3.08. The SMILES string of the molecule is CCC(C)CN(CC)CC1(CS)CCOCC1. The van der Waals surface area contributed by atoms with Gasteiger partial charge in [0.1, 0.15) is 0 Å². The molecule has 0 saturated carbocycles. The van der Waals surface area contributed by atoms with Crippen LogP contribution in [-0.2, 0) is 4.74 Å². The van der Waals surface area contributed by atoms with Crippen molar-refractivity contribution in [3.8, 4) is 0 Å². The number of hydrogen-bond donors (Lipinski definition) is 1. The Morgan fingerprint density at radius 1 is 1.29 bits per heavy atom. The first-order valence-electron chi connectivity index (χ1n) is 7.06. The fraction of sp³-hybridized carbons (Fsp3) is 1.00. The van der Waals surface area contributed by atoms with Gasteiger partial charge in [0.2, 0.25) is 0 Å². The van der Waals surface area contributed by atoms with Crippen molar-refractivity contribution in [2.45, 2.75) is 40.0 Å². The van der Waals surface area contributed by atoms with Gasteiger partial charge < -0.3 is 9.64 Å². The van der Waals surface area contributed by atoms with E-state index in [1.54, 1.807) is 0 Å². The van der Waals surface area contributed by atoms with Crippen LogP contribution in [0.2, 0.25) is 0 Å². The second-order valence-corrected chi connectivity index (χ2v) is 5.93. The van der Waals surface area contributed by atoms with E-state index in [2.05, 4.69) is 38.3 Å². The molecule has 0 aromatic carbocycles. The highest BCUT2D eigenvalue weighted by molar-refractivity contribution is 7.80. The summed E-state index contributed by atoms with van der Waals surface area (Å²) in [5.41, 5.74) is 0.394. The molecule has 0 amide bonds. The van der Waals surface area contributed by atoms with Gasteiger partial charge in [-0.2, -0.15) is 12.6 Å². The zero-order valence-electron chi connectivity index (χ0n) is 11.7. The summed E-state index contributed by atoms with van der Waals surface area (Å²) in [5.74, 6) is 1.79. The molecule has 0 spiro atoms. The van der Waals surface area contributed by atoms with Crippen molar-refractivity contribution in [2.75, 3.05) is 38.6 Å². The Balaban J connectivity index is 2.51. The smallest absolute Gasteiger partial charge is 0.0472 e. The van der Waals surface area contributed by atoms with E-state index in [4.69, 9.17) is 4.74 Å². The lowest BCUT2D eigenvalue weighted by molar-refractivity contribution is 0.00649. The molecule has 1 atom stereocenters.